The summed E-state index contributed by atoms with van der Waals surface area (Å²) in [6.07, 6.45) is -0.638. The van der Waals surface area contributed by atoms with Crippen molar-refractivity contribution in [2.24, 2.45) is 5.16 Å². The van der Waals surface area contributed by atoms with Gasteiger partial charge < -0.3 is 0 Å². The molecule has 0 heterocycles. The predicted molar refractivity (Wildman–Crippen MR) is 50.8 cm³/mol. The van der Waals surface area contributed by atoms with Crippen molar-refractivity contribution in [3.05, 3.63) is 29.8 Å². The van der Waals surface area contributed by atoms with Crippen molar-refractivity contribution in [3.8, 4) is 0 Å². The van der Waals surface area contributed by atoms with Crippen molar-refractivity contribution in [1.82, 2.24) is 0 Å². The first-order valence-corrected chi connectivity index (χ1v) is 3.73. The Morgan fingerprint density at radius 3 is 3.00 bits per heavy atom. The number of amides is 1. The maximum absolute atomic E-state index is 10.9. The molecule has 0 aromatic heterocycles. The van der Waals surface area contributed by atoms with Gasteiger partial charge in [0.15, 0.2) is 0 Å². The van der Waals surface area contributed by atoms with Gasteiger partial charge in [-0.05, 0) is 24.6 Å². The van der Waals surface area contributed by atoms with Crippen molar-refractivity contribution in [2.45, 2.75) is 6.92 Å². The van der Waals surface area contributed by atoms with Crippen LogP contribution in [-0.2, 0) is 4.84 Å². The molecular weight excluding hydrogens is 168 g/mol. The highest BCUT2D eigenvalue weighted by atomic mass is 16.7. The third-order valence-electron chi connectivity index (χ3n) is 1.41. The van der Waals surface area contributed by atoms with E-state index in [-0.39, 0.29) is 0 Å². The van der Waals surface area contributed by atoms with Crippen LogP contribution < -0.4 is 5.32 Å². The van der Waals surface area contributed by atoms with Crippen LogP contribution in [0.4, 0.5) is 10.5 Å². The maximum Gasteiger partial charge on any atom is 0.437 e. The Labute approximate surface area is 76.2 Å². The first-order chi connectivity index (χ1) is 6.22. The van der Waals surface area contributed by atoms with Gasteiger partial charge in [-0.2, -0.15) is 0 Å². The fourth-order valence-corrected chi connectivity index (χ4v) is 0.922. The van der Waals surface area contributed by atoms with Crippen LogP contribution in [-0.4, -0.2) is 12.8 Å². The molecule has 13 heavy (non-hydrogen) atoms. The molecule has 0 aliphatic rings. The molecule has 0 aliphatic heterocycles. The first-order valence-electron chi connectivity index (χ1n) is 3.73. The van der Waals surface area contributed by atoms with Gasteiger partial charge in [-0.25, -0.2) is 4.79 Å². The van der Waals surface area contributed by atoms with Gasteiger partial charge in [0.05, 0.1) is 0 Å². The van der Waals surface area contributed by atoms with Gasteiger partial charge in [-0.1, -0.05) is 17.3 Å². The van der Waals surface area contributed by atoms with Gasteiger partial charge in [0.25, 0.3) is 0 Å². The molecule has 4 nitrogen and oxygen atoms in total. The lowest BCUT2D eigenvalue weighted by atomic mass is 10.2. The number of aryl methyl sites for hydroxylation is 1. The summed E-state index contributed by atoms with van der Waals surface area (Å²) in [4.78, 5) is 15.1. The third-order valence-corrected chi connectivity index (χ3v) is 1.41. The summed E-state index contributed by atoms with van der Waals surface area (Å²) in [5.74, 6) is 0. The topological polar surface area (TPSA) is 50.7 Å². The molecule has 0 atom stereocenters. The molecule has 4 heteroatoms. The molecule has 1 rings (SSSR count). The Balaban J connectivity index is 2.63. The molecule has 0 aliphatic carbocycles. The summed E-state index contributed by atoms with van der Waals surface area (Å²) >= 11 is 0. The van der Waals surface area contributed by atoms with Crippen LogP contribution in [0.15, 0.2) is 29.4 Å². The molecule has 0 fully saturated rings. The third kappa shape index (κ3) is 2.94. The van der Waals surface area contributed by atoms with Gasteiger partial charge in [-0.3, -0.25) is 10.2 Å². The Morgan fingerprint density at radius 1 is 1.62 bits per heavy atom. The molecule has 0 bridgehead atoms. The van der Waals surface area contributed by atoms with E-state index in [1.54, 1.807) is 6.07 Å². The quantitative estimate of drug-likeness (QED) is 0.428. The van der Waals surface area contributed by atoms with E-state index in [2.05, 4.69) is 22.0 Å². The van der Waals surface area contributed by atoms with Crippen molar-refractivity contribution in [3.63, 3.8) is 0 Å². The number of hydrogen-bond acceptors (Lipinski definition) is 3. The highest BCUT2D eigenvalue weighted by Crippen LogP contribution is 2.09. The highest BCUT2D eigenvalue weighted by molar-refractivity contribution is 5.84. The van der Waals surface area contributed by atoms with Gasteiger partial charge in [0.1, 0.15) is 0 Å². The minimum Gasteiger partial charge on any atom is -0.298 e. The predicted octanol–water partition coefficient (Wildman–Crippen LogP) is 2.16. The van der Waals surface area contributed by atoms with Crippen molar-refractivity contribution < 1.29 is 9.63 Å². The number of benzene rings is 1. The fraction of sp³-hybridized carbons (Fsp3) is 0.111. The number of hydrogen-bond donors (Lipinski definition) is 1. The van der Waals surface area contributed by atoms with E-state index in [9.17, 15) is 4.79 Å². The smallest absolute Gasteiger partial charge is 0.298 e. The zero-order valence-corrected chi connectivity index (χ0v) is 7.28. The summed E-state index contributed by atoms with van der Waals surface area (Å²) in [5, 5.41) is 5.48. The van der Waals surface area contributed by atoms with E-state index in [1.165, 1.54) is 0 Å². The minimum absolute atomic E-state index is 0.638. The van der Waals surface area contributed by atoms with E-state index in [0.29, 0.717) is 5.69 Å². The van der Waals surface area contributed by atoms with Crippen LogP contribution in [0.1, 0.15) is 5.56 Å². The summed E-state index contributed by atoms with van der Waals surface area (Å²) in [5.41, 5.74) is 1.73. The second-order valence-electron chi connectivity index (χ2n) is 2.50. The molecule has 0 unspecified atom stereocenters. The summed E-state index contributed by atoms with van der Waals surface area (Å²) < 4.78 is 0. The lowest BCUT2D eigenvalue weighted by Gasteiger charge is -2.02. The number of carbonyl (C=O) groups is 1. The van der Waals surface area contributed by atoms with Crippen molar-refractivity contribution >= 4 is 18.5 Å². The van der Waals surface area contributed by atoms with E-state index >= 15 is 0 Å². The summed E-state index contributed by atoms with van der Waals surface area (Å²) in [7, 11) is 0. The van der Waals surface area contributed by atoms with Gasteiger partial charge >= 0.3 is 6.09 Å². The van der Waals surface area contributed by atoms with Crippen LogP contribution in [0.2, 0.25) is 0 Å². The standard InChI is InChI=1S/C9H10N2O2/c1-7-4-3-5-8(6-7)11-9(12)13-10-2/h3-6H,2H2,1H3,(H,11,12). The molecule has 0 saturated carbocycles. The Kier molecular flexibility index (Phi) is 3.03. The Bertz CT molecular complexity index is 323. The van der Waals surface area contributed by atoms with Crippen molar-refractivity contribution in [1.29, 1.82) is 0 Å². The highest BCUT2D eigenvalue weighted by Gasteiger charge is 2.00. The summed E-state index contributed by atoms with van der Waals surface area (Å²) in [6.45, 7) is 4.96. The molecule has 0 spiro atoms. The largest absolute Gasteiger partial charge is 0.437 e. The Morgan fingerprint density at radius 2 is 2.38 bits per heavy atom. The molecule has 1 N–H and O–H groups in total. The lowest BCUT2D eigenvalue weighted by Crippen LogP contribution is -2.10. The number of nitrogens with zero attached hydrogens (tertiary/aromatic N) is 1. The number of nitrogens with one attached hydrogen (secondary N) is 1. The molecule has 1 aromatic rings. The monoisotopic (exact) mass is 178 g/mol. The molecule has 0 radical (unpaired) electrons. The van der Waals surface area contributed by atoms with Gasteiger partial charge in [-0.15, -0.1) is 0 Å². The van der Waals surface area contributed by atoms with Crippen LogP contribution in [0.25, 0.3) is 0 Å². The number of oxime groups is 1. The maximum atomic E-state index is 10.9. The van der Waals surface area contributed by atoms with Gasteiger partial charge in [0, 0.05) is 12.4 Å². The van der Waals surface area contributed by atoms with E-state index in [4.69, 9.17) is 0 Å². The van der Waals surface area contributed by atoms with Gasteiger partial charge in [0.2, 0.25) is 0 Å². The second-order valence-corrected chi connectivity index (χ2v) is 2.50. The SMILES string of the molecule is C=NOC(=O)Nc1cccc(C)c1. The van der Waals surface area contributed by atoms with Crippen LogP contribution in [0, 0.1) is 6.92 Å². The van der Waals surface area contributed by atoms with E-state index < -0.39 is 6.09 Å². The van der Waals surface area contributed by atoms with E-state index in [1.807, 2.05) is 25.1 Å². The molecule has 68 valence electrons. The normalized spacial score (nSPS) is 9.00. The second kappa shape index (κ2) is 4.25. The molecule has 0 saturated heterocycles. The van der Waals surface area contributed by atoms with Crippen LogP contribution >= 0.6 is 0 Å². The lowest BCUT2D eigenvalue weighted by molar-refractivity contribution is 0.167. The number of carbonyl (C=O) groups excluding carboxylic acids is 1. The number of anilines is 1. The zero-order valence-electron chi connectivity index (χ0n) is 7.28. The average molecular weight is 178 g/mol. The first kappa shape index (κ1) is 9.25. The van der Waals surface area contributed by atoms with Crippen molar-refractivity contribution in [2.75, 3.05) is 5.32 Å². The van der Waals surface area contributed by atoms with Crippen LogP contribution in [0.5, 0.6) is 0 Å². The fourth-order valence-electron chi connectivity index (χ4n) is 0.922. The summed E-state index contributed by atoms with van der Waals surface area (Å²) in [6, 6.07) is 7.36. The molecule has 1 aromatic carbocycles. The minimum atomic E-state index is -0.638. The molecular formula is C9H10N2O2. The van der Waals surface area contributed by atoms with Crippen LogP contribution in [0.3, 0.4) is 0 Å². The average Bonchev–Trinajstić information content (AvgIpc) is 2.04. The number of rotatable bonds is 2. The zero-order chi connectivity index (χ0) is 9.68. The Hall–Kier alpha value is -1.84. The molecule has 1 amide bonds. The van der Waals surface area contributed by atoms with E-state index in [0.717, 1.165) is 5.56 Å².